The molecule has 28 heavy (non-hydrogen) atoms. The van der Waals surface area contributed by atoms with Crippen molar-refractivity contribution in [3.8, 4) is 0 Å². The first-order chi connectivity index (χ1) is 13.1. The first kappa shape index (κ1) is 23.2. The van der Waals surface area contributed by atoms with E-state index in [2.05, 4.69) is 29.2 Å². The molecule has 1 radical (unpaired) electrons. The van der Waals surface area contributed by atoms with Gasteiger partial charge in [0.25, 0.3) is 0 Å². The predicted molar refractivity (Wildman–Crippen MR) is 114 cm³/mol. The Morgan fingerprint density at radius 3 is 1.75 bits per heavy atom. The van der Waals surface area contributed by atoms with Gasteiger partial charge < -0.3 is 5.11 Å². The average Bonchev–Trinajstić information content (AvgIpc) is 2.68. The number of hydrogen-bond donors (Lipinski definition) is 1. The van der Waals surface area contributed by atoms with E-state index in [0.717, 1.165) is 11.1 Å². The van der Waals surface area contributed by atoms with Crippen molar-refractivity contribution in [3.05, 3.63) is 107 Å². The largest absolute Gasteiger partial charge is 0.481 e. The van der Waals surface area contributed by atoms with Gasteiger partial charge in [-0.15, -0.1) is 0 Å². The molecule has 0 spiro atoms. The van der Waals surface area contributed by atoms with E-state index in [9.17, 15) is 9.90 Å². The van der Waals surface area contributed by atoms with Crippen LogP contribution in [-0.4, -0.2) is 80.7 Å². The molecule has 3 rings (SSSR count). The number of aliphatic carboxylic acids is 1. The van der Waals surface area contributed by atoms with E-state index in [1.165, 1.54) is 11.1 Å². The van der Waals surface area contributed by atoms with Crippen LogP contribution in [0.1, 0.15) is 28.2 Å². The SMILES string of the molecule is Cc1ccccc1C(CN(Cc1ccccc1)Cc1ccccc1)C(=O)O.[Rb]. The van der Waals surface area contributed by atoms with Crippen molar-refractivity contribution < 1.29 is 9.90 Å². The van der Waals surface area contributed by atoms with Crippen LogP contribution < -0.4 is 0 Å². The number of rotatable bonds is 8. The molecule has 0 aliphatic rings. The first-order valence-corrected chi connectivity index (χ1v) is 9.22. The summed E-state index contributed by atoms with van der Waals surface area (Å²) in [4.78, 5) is 14.3. The number of hydrogen-bond acceptors (Lipinski definition) is 2. The van der Waals surface area contributed by atoms with Gasteiger partial charge in [0.05, 0.1) is 5.92 Å². The molecule has 4 heteroatoms. The summed E-state index contributed by atoms with van der Waals surface area (Å²) in [5.74, 6) is -1.34. The Hall–Kier alpha value is -1.10. The van der Waals surface area contributed by atoms with Gasteiger partial charge in [0.2, 0.25) is 0 Å². The summed E-state index contributed by atoms with van der Waals surface area (Å²) in [5.41, 5.74) is 4.27. The molecule has 3 nitrogen and oxygen atoms in total. The fourth-order valence-electron chi connectivity index (χ4n) is 3.41. The van der Waals surface area contributed by atoms with Gasteiger partial charge in [-0.3, -0.25) is 9.69 Å². The van der Waals surface area contributed by atoms with Crippen molar-refractivity contribution in [1.29, 1.82) is 0 Å². The number of benzene rings is 3. The number of carbonyl (C=O) groups is 1. The molecule has 0 bridgehead atoms. The topological polar surface area (TPSA) is 40.5 Å². The zero-order chi connectivity index (χ0) is 19.1. The van der Waals surface area contributed by atoms with Crippen molar-refractivity contribution in [2.75, 3.05) is 6.54 Å². The average molecular weight is 445 g/mol. The Morgan fingerprint density at radius 1 is 0.821 bits per heavy atom. The van der Waals surface area contributed by atoms with Gasteiger partial charge in [0, 0.05) is 77.8 Å². The molecule has 139 valence electrons. The monoisotopic (exact) mass is 444 g/mol. The summed E-state index contributed by atoms with van der Waals surface area (Å²) in [6, 6.07) is 28.2. The van der Waals surface area contributed by atoms with Gasteiger partial charge >= 0.3 is 5.97 Å². The van der Waals surface area contributed by atoms with Crippen molar-refractivity contribution >= 4 is 64.2 Å². The number of carboxylic acid groups (broad SMARTS) is 1. The molecule has 0 saturated heterocycles. The second-order valence-corrected chi connectivity index (χ2v) is 6.89. The van der Waals surface area contributed by atoms with Crippen LogP contribution in [0.2, 0.25) is 0 Å². The molecule has 0 amide bonds. The molecule has 0 heterocycles. The third kappa shape index (κ3) is 6.75. The minimum atomic E-state index is -0.782. The van der Waals surface area contributed by atoms with Gasteiger partial charge in [0.1, 0.15) is 0 Å². The molecular formula is C24H25NO2Rb. The molecule has 0 aliphatic carbocycles. The maximum absolute atomic E-state index is 12.1. The van der Waals surface area contributed by atoms with Crippen LogP contribution in [0.3, 0.4) is 0 Å². The second-order valence-electron chi connectivity index (χ2n) is 6.89. The van der Waals surface area contributed by atoms with Crippen LogP contribution in [0.5, 0.6) is 0 Å². The Labute approximate surface area is 216 Å². The van der Waals surface area contributed by atoms with E-state index in [4.69, 9.17) is 0 Å². The van der Waals surface area contributed by atoms with Crippen molar-refractivity contribution in [1.82, 2.24) is 4.90 Å². The molecule has 0 fully saturated rings. The molecule has 3 aromatic carbocycles. The Balaban J connectivity index is 0.00000280. The Bertz CT molecular complexity index is 827. The van der Waals surface area contributed by atoms with E-state index in [1.54, 1.807) is 0 Å². The standard InChI is InChI=1S/C24H25NO2.Rb/c1-19-10-8-9-15-22(19)23(24(26)27)18-25(16-20-11-4-2-5-12-20)17-21-13-6-3-7-14-21;/h2-15,23H,16-18H2,1H3,(H,26,27);. The summed E-state index contributed by atoms with van der Waals surface area (Å²) < 4.78 is 0. The zero-order valence-electron chi connectivity index (χ0n) is 16.6. The number of nitrogens with zero attached hydrogens (tertiary/aromatic N) is 1. The predicted octanol–water partition coefficient (Wildman–Crippen LogP) is 4.48. The van der Waals surface area contributed by atoms with Crippen LogP contribution in [-0.2, 0) is 17.9 Å². The quantitative estimate of drug-likeness (QED) is 0.556. The van der Waals surface area contributed by atoms with Crippen LogP contribution in [0.15, 0.2) is 84.9 Å². The fraction of sp³-hybridized carbons (Fsp3) is 0.208. The van der Waals surface area contributed by atoms with E-state index in [-0.39, 0.29) is 58.2 Å². The number of aryl methyl sites for hydroxylation is 1. The minimum Gasteiger partial charge on any atom is -0.481 e. The Morgan fingerprint density at radius 2 is 1.29 bits per heavy atom. The Kier molecular flexibility index (Phi) is 9.76. The maximum Gasteiger partial charge on any atom is 0.312 e. The first-order valence-electron chi connectivity index (χ1n) is 9.22. The summed E-state index contributed by atoms with van der Waals surface area (Å²) in [5, 5.41) is 9.91. The molecule has 1 atom stereocenters. The van der Waals surface area contributed by atoms with Crippen LogP contribution in [0.25, 0.3) is 0 Å². The fourth-order valence-corrected chi connectivity index (χ4v) is 3.41. The molecular weight excluding hydrogens is 420 g/mol. The van der Waals surface area contributed by atoms with Crippen molar-refractivity contribution in [2.45, 2.75) is 25.9 Å². The van der Waals surface area contributed by atoms with E-state index in [0.29, 0.717) is 19.6 Å². The summed E-state index contributed by atoms with van der Waals surface area (Å²) in [7, 11) is 0. The third-order valence-corrected chi connectivity index (χ3v) is 4.80. The van der Waals surface area contributed by atoms with Crippen LogP contribution in [0.4, 0.5) is 0 Å². The van der Waals surface area contributed by atoms with E-state index in [1.807, 2.05) is 67.6 Å². The molecule has 1 N–H and O–H groups in total. The smallest absolute Gasteiger partial charge is 0.312 e. The van der Waals surface area contributed by atoms with Gasteiger partial charge in [0.15, 0.2) is 0 Å². The van der Waals surface area contributed by atoms with Gasteiger partial charge in [-0.1, -0.05) is 84.9 Å². The molecule has 3 aromatic rings. The van der Waals surface area contributed by atoms with Crippen molar-refractivity contribution in [2.24, 2.45) is 0 Å². The van der Waals surface area contributed by atoms with Crippen LogP contribution in [0, 0.1) is 6.92 Å². The van der Waals surface area contributed by atoms with E-state index < -0.39 is 11.9 Å². The maximum atomic E-state index is 12.1. The van der Waals surface area contributed by atoms with Crippen molar-refractivity contribution in [3.63, 3.8) is 0 Å². The van der Waals surface area contributed by atoms with Gasteiger partial charge in [-0.2, -0.15) is 0 Å². The zero-order valence-corrected chi connectivity index (χ0v) is 21.5. The summed E-state index contributed by atoms with van der Waals surface area (Å²) >= 11 is 0. The number of carboxylic acids is 1. The minimum absolute atomic E-state index is 0. The third-order valence-electron chi connectivity index (χ3n) is 4.80. The van der Waals surface area contributed by atoms with E-state index >= 15 is 0 Å². The molecule has 0 aromatic heterocycles. The van der Waals surface area contributed by atoms with Crippen LogP contribution >= 0.6 is 0 Å². The van der Waals surface area contributed by atoms with Gasteiger partial charge in [-0.05, 0) is 29.2 Å². The summed E-state index contributed by atoms with van der Waals surface area (Å²) in [6.07, 6.45) is 0. The molecule has 1 unspecified atom stereocenters. The summed E-state index contributed by atoms with van der Waals surface area (Å²) in [6.45, 7) is 3.87. The molecule has 0 saturated carbocycles. The van der Waals surface area contributed by atoms with Gasteiger partial charge in [-0.25, -0.2) is 0 Å². The molecule has 0 aliphatic heterocycles. The normalized spacial score (nSPS) is 11.6. The second kappa shape index (κ2) is 11.8.